The van der Waals surface area contributed by atoms with Gasteiger partial charge in [-0.05, 0) is 12.6 Å². The summed E-state index contributed by atoms with van der Waals surface area (Å²) in [5.74, 6) is -0.474. The number of sulfone groups is 1. The maximum absolute atomic E-state index is 11.9. The number of rotatable bonds is 8. The van der Waals surface area contributed by atoms with Gasteiger partial charge in [0.05, 0.1) is 11.7 Å². The molecule has 1 aromatic rings. The van der Waals surface area contributed by atoms with Gasteiger partial charge in [-0.2, -0.15) is 0 Å². The Bertz CT molecular complexity index is 542. The van der Waals surface area contributed by atoms with Crippen LogP contribution in [0.5, 0.6) is 0 Å². The number of carbonyl (C=O) groups excluding carboxylic acids is 1. The molecule has 0 aliphatic heterocycles. The molecule has 0 amide bonds. The van der Waals surface area contributed by atoms with Gasteiger partial charge < -0.3 is 9.64 Å². The second-order valence-electron chi connectivity index (χ2n) is 5.39. The van der Waals surface area contributed by atoms with Gasteiger partial charge >= 0.3 is 5.97 Å². The maximum atomic E-state index is 11.9. The number of esters is 1. The van der Waals surface area contributed by atoms with Gasteiger partial charge in [0.15, 0.2) is 0 Å². The van der Waals surface area contributed by atoms with Crippen molar-refractivity contribution in [3.8, 4) is 0 Å². The molecule has 1 aromatic carbocycles. The van der Waals surface area contributed by atoms with Crippen LogP contribution in [0.2, 0.25) is 0 Å². The minimum Gasteiger partial charge on any atom is -0.461 e. The fraction of sp³-hybridized carbons (Fsp3) is 0.533. The van der Waals surface area contributed by atoms with Gasteiger partial charge in [-0.3, -0.25) is 4.79 Å². The van der Waals surface area contributed by atoms with E-state index >= 15 is 0 Å². The number of carbonyl (C=O) groups is 1. The van der Waals surface area contributed by atoms with Crippen molar-refractivity contribution in [2.75, 3.05) is 32.1 Å². The van der Waals surface area contributed by atoms with Crippen molar-refractivity contribution in [1.29, 1.82) is 0 Å². The molecule has 0 aromatic heterocycles. The molecule has 5 nitrogen and oxygen atoms in total. The fourth-order valence-corrected chi connectivity index (χ4v) is 2.47. The van der Waals surface area contributed by atoms with E-state index in [9.17, 15) is 13.2 Å². The summed E-state index contributed by atoms with van der Waals surface area (Å²) in [6.45, 7) is 2.93. The molecular formula is C15H23NO4S. The van der Waals surface area contributed by atoms with E-state index in [0.717, 1.165) is 5.56 Å². The number of hydrogen-bond donors (Lipinski definition) is 0. The molecule has 1 atom stereocenters. The lowest BCUT2D eigenvalue weighted by Crippen LogP contribution is -2.33. The van der Waals surface area contributed by atoms with Crippen molar-refractivity contribution in [3.63, 3.8) is 0 Å². The van der Waals surface area contributed by atoms with Crippen molar-refractivity contribution >= 4 is 15.8 Å². The Labute approximate surface area is 126 Å². The lowest BCUT2D eigenvalue weighted by Gasteiger charge is -2.20. The number of nitrogens with zero attached hydrogens (tertiary/aromatic N) is 1. The lowest BCUT2D eigenvalue weighted by atomic mass is 10.1. The van der Waals surface area contributed by atoms with Crippen LogP contribution in [0.4, 0.5) is 0 Å². The van der Waals surface area contributed by atoms with E-state index in [1.54, 1.807) is 14.0 Å². The summed E-state index contributed by atoms with van der Waals surface area (Å²) < 4.78 is 27.4. The van der Waals surface area contributed by atoms with Gasteiger partial charge in [-0.1, -0.05) is 37.3 Å². The predicted molar refractivity (Wildman–Crippen MR) is 82.6 cm³/mol. The molecule has 0 spiro atoms. The molecular weight excluding hydrogens is 290 g/mol. The summed E-state index contributed by atoms with van der Waals surface area (Å²) in [6, 6.07) is 9.49. The van der Waals surface area contributed by atoms with Crippen molar-refractivity contribution in [2.45, 2.75) is 13.5 Å². The smallest absolute Gasteiger partial charge is 0.310 e. The van der Waals surface area contributed by atoms with Crippen LogP contribution in [-0.4, -0.2) is 51.4 Å². The van der Waals surface area contributed by atoms with Gasteiger partial charge in [0.2, 0.25) is 0 Å². The molecule has 0 saturated heterocycles. The number of hydrogen-bond acceptors (Lipinski definition) is 5. The van der Waals surface area contributed by atoms with Crippen LogP contribution in [0, 0.1) is 5.92 Å². The zero-order valence-corrected chi connectivity index (χ0v) is 13.6. The van der Waals surface area contributed by atoms with Crippen molar-refractivity contribution in [1.82, 2.24) is 4.90 Å². The molecule has 6 heteroatoms. The first-order chi connectivity index (χ1) is 9.78. The van der Waals surface area contributed by atoms with Crippen LogP contribution < -0.4 is 0 Å². The predicted octanol–water partition coefficient (Wildman–Crippen LogP) is 1.34. The van der Waals surface area contributed by atoms with Crippen molar-refractivity contribution in [3.05, 3.63) is 35.9 Å². The minimum atomic E-state index is -2.98. The highest BCUT2D eigenvalue weighted by atomic mass is 32.2. The first-order valence-corrected chi connectivity index (χ1v) is 8.91. The van der Waals surface area contributed by atoms with Gasteiger partial charge in [0.25, 0.3) is 0 Å². The average molecular weight is 313 g/mol. The molecule has 0 aliphatic rings. The third-order valence-corrected chi connectivity index (χ3v) is 3.98. The van der Waals surface area contributed by atoms with Crippen molar-refractivity contribution in [2.24, 2.45) is 5.92 Å². The SMILES string of the molecule is CC(CN(C)CCS(C)(=O)=O)C(=O)OCc1ccccc1. The molecule has 0 N–H and O–H groups in total. The Kier molecular flexibility index (Phi) is 6.84. The summed E-state index contributed by atoms with van der Waals surface area (Å²) in [7, 11) is -1.18. The second kappa shape index (κ2) is 8.14. The Morgan fingerprint density at radius 2 is 1.90 bits per heavy atom. The topological polar surface area (TPSA) is 63.7 Å². The zero-order chi connectivity index (χ0) is 15.9. The molecule has 0 heterocycles. The van der Waals surface area contributed by atoms with Crippen LogP contribution in [0.25, 0.3) is 0 Å². The monoisotopic (exact) mass is 313 g/mol. The first-order valence-electron chi connectivity index (χ1n) is 6.85. The van der Waals surface area contributed by atoms with Crippen LogP contribution >= 0.6 is 0 Å². The van der Waals surface area contributed by atoms with E-state index in [1.807, 2.05) is 35.2 Å². The molecule has 1 rings (SSSR count). The molecule has 0 aliphatic carbocycles. The molecule has 0 saturated carbocycles. The van der Waals surface area contributed by atoms with E-state index < -0.39 is 9.84 Å². The van der Waals surface area contributed by atoms with E-state index in [0.29, 0.717) is 13.1 Å². The highest BCUT2D eigenvalue weighted by Gasteiger charge is 2.17. The summed E-state index contributed by atoms with van der Waals surface area (Å²) in [5, 5.41) is 0. The van der Waals surface area contributed by atoms with E-state index in [1.165, 1.54) is 6.26 Å². The Balaban J connectivity index is 2.33. The van der Waals surface area contributed by atoms with Gasteiger partial charge in [-0.25, -0.2) is 8.42 Å². The highest BCUT2D eigenvalue weighted by Crippen LogP contribution is 2.06. The van der Waals surface area contributed by atoms with E-state index in [4.69, 9.17) is 4.74 Å². The lowest BCUT2D eigenvalue weighted by molar-refractivity contribution is -0.149. The number of ether oxygens (including phenoxy) is 1. The fourth-order valence-electron chi connectivity index (χ4n) is 1.83. The minimum absolute atomic E-state index is 0.0925. The van der Waals surface area contributed by atoms with E-state index in [-0.39, 0.29) is 24.2 Å². The summed E-state index contributed by atoms with van der Waals surface area (Å²) in [4.78, 5) is 13.7. The largest absolute Gasteiger partial charge is 0.461 e. The Morgan fingerprint density at radius 3 is 2.48 bits per heavy atom. The molecule has 0 radical (unpaired) electrons. The maximum Gasteiger partial charge on any atom is 0.310 e. The van der Waals surface area contributed by atoms with Gasteiger partial charge in [0.1, 0.15) is 16.4 Å². The normalized spacial score (nSPS) is 13.1. The van der Waals surface area contributed by atoms with Crippen LogP contribution in [0.3, 0.4) is 0 Å². The first kappa shape index (κ1) is 17.7. The van der Waals surface area contributed by atoms with Crippen LogP contribution in [0.15, 0.2) is 30.3 Å². The molecule has 21 heavy (non-hydrogen) atoms. The van der Waals surface area contributed by atoms with Crippen LogP contribution in [-0.2, 0) is 26.0 Å². The molecule has 118 valence electrons. The van der Waals surface area contributed by atoms with Gasteiger partial charge in [0, 0.05) is 19.3 Å². The summed E-state index contributed by atoms with van der Waals surface area (Å²) in [6.07, 6.45) is 1.21. The Morgan fingerprint density at radius 1 is 1.29 bits per heavy atom. The van der Waals surface area contributed by atoms with Crippen molar-refractivity contribution < 1.29 is 17.9 Å². The van der Waals surface area contributed by atoms with Gasteiger partial charge in [-0.15, -0.1) is 0 Å². The molecule has 0 bridgehead atoms. The molecule has 1 unspecified atom stereocenters. The standard InChI is InChI=1S/C15H23NO4S/c1-13(11-16(2)9-10-21(3,18)19)15(17)20-12-14-7-5-4-6-8-14/h4-8,13H,9-12H2,1-3H3. The third kappa shape index (κ3) is 7.82. The molecule has 0 fully saturated rings. The second-order valence-corrected chi connectivity index (χ2v) is 7.65. The van der Waals surface area contributed by atoms with Crippen LogP contribution in [0.1, 0.15) is 12.5 Å². The quantitative estimate of drug-likeness (QED) is 0.678. The highest BCUT2D eigenvalue weighted by molar-refractivity contribution is 7.90. The van der Waals surface area contributed by atoms with E-state index in [2.05, 4.69) is 0 Å². The summed E-state index contributed by atoms with van der Waals surface area (Å²) >= 11 is 0. The number of benzene rings is 1. The third-order valence-electron chi connectivity index (χ3n) is 3.06. The Hall–Kier alpha value is -1.40. The average Bonchev–Trinajstić information content (AvgIpc) is 2.43. The summed E-state index contributed by atoms with van der Waals surface area (Å²) in [5.41, 5.74) is 0.948. The zero-order valence-electron chi connectivity index (χ0n) is 12.8.